The molecule has 1 N–H and O–H groups in total. The lowest BCUT2D eigenvalue weighted by molar-refractivity contribution is -0.385. The fourth-order valence-corrected chi connectivity index (χ4v) is 3.60. The normalized spacial score (nSPS) is 12.8. The van der Waals surface area contributed by atoms with E-state index in [9.17, 15) is 18.5 Å². The molecule has 0 fully saturated rings. The van der Waals surface area contributed by atoms with E-state index in [0.29, 0.717) is 5.56 Å². The highest BCUT2D eigenvalue weighted by Gasteiger charge is 2.21. The van der Waals surface area contributed by atoms with Gasteiger partial charge in [-0.25, -0.2) is 13.1 Å². The van der Waals surface area contributed by atoms with Crippen molar-refractivity contribution in [1.82, 2.24) is 4.72 Å². The van der Waals surface area contributed by atoms with Gasteiger partial charge in [-0.05, 0) is 24.0 Å². The maximum absolute atomic E-state index is 12.4. The first kappa shape index (κ1) is 17.1. The van der Waals surface area contributed by atoms with Gasteiger partial charge in [0.15, 0.2) is 0 Å². The summed E-state index contributed by atoms with van der Waals surface area (Å²) in [5.41, 5.74) is 1.24. The number of nitrogens with zero attached hydrogens (tertiary/aromatic N) is 1. The number of nitro groups is 1. The van der Waals surface area contributed by atoms with E-state index in [1.807, 2.05) is 37.3 Å². The van der Waals surface area contributed by atoms with Crippen LogP contribution in [0.1, 0.15) is 24.0 Å². The Hall–Kier alpha value is -2.25. The average Bonchev–Trinajstić information content (AvgIpc) is 2.53. The molecule has 122 valence electrons. The highest BCUT2D eigenvalue weighted by atomic mass is 32.2. The highest BCUT2D eigenvalue weighted by Crippen LogP contribution is 2.22. The monoisotopic (exact) mass is 334 g/mol. The number of benzene rings is 2. The lowest BCUT2D eigenvalue weighted by atomic mass is 10.0. The van der Waals surface area contributed by atoms with Gasteiger partial charge in [0.1, 0.15) is 0 Å². The van der Waals surface area contributed by atoms with Crippen LogP contribution in [0.4, 0.5) is 5.69 Å². The number of rotatable bonds is 6. The molecule has 0 amide bonds. The Kier molecular flexibility index (Phi) is 5.12. The first-order valence-corrected chi connectivity index (χ1v) is 8.59. The van der Waals surface area contributed by atoms with E-state index >= 15 is 0 Å². The van der Waals surface area contributed by atoms with Gasteiger partial charge in [-0.2, -0.15) is 0 Å². The summed E-state index contributed by atoms with van der Waals surface area (Å²) in [6, 6.07) is 13.4. The number of nitro benzene ring substituents is 1. The number of non-ortho nitro benzene ring substituents is 1. The summed E-state index contributed by atoms with van der Waals surface area (Å²) >= 11 is 0. The molecule has 23 heavy (non-hydrogen) atoms. The lowest BCUT2D eigenvalue weighted by Gasteiger charge is -2.14. The second-order valence-electron chi connectivity index (χ2n) is 5.37. The molecule has 0 spiro atoms. The molecule has 0 unspecified atom stereocenters. The van der Waals surface area contributed by atoms with E-state index in [-0.39, 0.29) is 23.0 Å². The third-order valence-corrected chi connectivity index (χ3v) is 5.19. The average molecular weight is 334 g/mol. The van der Waals surface area contributed by atoms with Crippen LogP contribution in [-0.2, 0) is 10.0 Å². The predicted octanol–water partition coefficient (Wildman–Crippen LogP) is 2.99. The van der Waals surface area contributed by atoms with E-state index < -0.39 is 14.9 Å². The molecule has 0 aromatic heterocycles. The van der Waals surface area contributed by atoms with Crippen molar-refractivity contribution < 1.29 is 13.3 Å². The fraction of sp³-hybridized carbons (Fsp3) is 0.250. The molecule has 1 atom stereocenters. The van der Waals surface area contributed by atoms with Crippen molar-refractivity contribution in [2.24, 2.45) is 0 Å². The van der Waals surface area contributed by atoms with Crippen LogP contribution in [0.2, 0.25) is 0 Å². The quantitative estimate of drug-likeness (QED) is 0.649. The molecule has 0 heterocycles. The second-order valence-corrected chi connectivity index (χ2v) is 7.11. The summed E-state index contributed by atoms with van der Waals surface area (Å²) < 4.78 is 27.4. The van der Waals surface area contributed by atoms with Crippen LogP contribution in [0.5, 0.6) is 0 Å². The van der Waals surface area contributed by atoms with Crippen LogP contribution < -0.4 is 4.72 Å². The molecular weight excluding hydrogens is 316 g/mol. The smallest absolute Gasteiger partial charge is 0.258 e. The molecule has 2 aromatic rings. The Morgan fingerprint density at radius 2 is 1.83 bits per heavy atom. The summed E-state index contributed by atoms with van der Waals surface area (Å²) in [5, 5.41) is 10.8. The Morgan fingerprint density at radius 3 is 2.43 bits per heavy atom. The number of aryl methyl sites for hydroxylation is 1. The van der Waals surface area contributed by atoms with E-state index in [2.05, 4.69) is 4.72 Å². The number of hydrogen-bond donors (Lipinski definition) is 1. The van der Waals surface area contributed by atoms with Gasteiger partial charge in [0.2, 0.25) is 10.0 Å². The van der Waals surface area contributed by atoms with Gasteiger partial charge in [-0.15, -0.1) is 0 Å². The molecule has 0 saturated heterocycles. The van der Waals surface area contributed by atoms with Crippen molar-refractivity contribution in [3.63, 3.8) is 0 Å². The van der Waals surface area contributed by atoms with Gasteiger partial charge < -0.3 is 0 Å². The molecule has 0 aliphatic carbocycles. The first-order valence-electron chi connectivity index (χ1n) is 7.11. The van der Waals surface area contributed by atoms with Gasteiger partial charge in [0.25, 0.3) is 5.69 Å². The van der Waals surface area contributed by atoms with Crippen LogP contribution in [0, 0.1) is 17.0 Å². The lowest BCUT2D eigenvalue weighted by Crippen LogP contribution is -2.28. The van der Waals surface area contributed by atoms with Crippen LogP contribution in [-0.4, -0.2) is 19.9 Å². The zero-order valence-corrected chi connectivity index (χ0v) is 13.7. The van der Waals surface area contributed by atoms with Crippen molar-refractivity contribution in [2.45, 2.75) is 24.7 Å². The largest absolute Gasteiger partial charge is 0.270 e. The van der Waals surface area contributed by atoms with Gasteiger partial charge in [0, 0.05) is 18.7 Å². The molecule has 0 saturated carbocycles. The minimum atomic E-state index is -3.80. The van der Waals surface area contributed by atoms with E-state index in [1.165, 1.54) is 12.1 Å². The zero-order valence-electron chi connectivity index (χ0n) is 12.9. The van der Waals surface area contributed by atoms with Crippen molar-refractivity contribution in [2.75, 3.05) is 6.54 Å². The molecule has 0 bridgehead atoms. The predicted molar refractivity (Wildman–Crippen MR) is 87.9 cm³/mol. The molecule has 6 nitrogen and oxygen atoms in total. The van der Waals surface area contributed by atoms with E-state index in [1.54, 1.807) is 6.92 Å². The van der Waals surface area contributed by atoms with Crippen molar-refractivity contribution in [1.29, 1.82) is 0 Å². The molecule has 0 aliphatic rings. The topological polar surface area (TPSA) is 89.3 Å². The van der Waals surface area contributed by atoms with Crippen LogP contribution in [0.25, 0.3) is 0 Å². The van der Waals surface area contributed by atoms with Crippen LogP contribution in [0.3, 0.4) is 0 Å². The minimum Gasteiger partial charge on any atom is -0.258 e. The SMILES string of the molecule is Cc1ccc([N+](=O)[O-])cc1S(=O)(=O)NC[C@H](C)c1ccccc1. The van der Waals surface area contributed by atoms with Gasteiger partial charge in [-0.1, -0.05) is 43.3 Å². The van der Waals surface area contributed by atoms with Crippen molar-refractivity contribution in [3.05, 3.63) is 69.8 Å². The van der Waals surface area contributed by atoms with E-state index in [0.717, 1.165) is 11.6 Å². The van der Waals surface area contributed by atoms with Gasteiger partial charge >= 0.3 is 0 Å². The number of hydrogen-bond acceptors (Lipinski definition) is 4. The Labute approximate surface area is 135 Å². The van der Waals surface area contributed by atoms with Crippen molar-refractivity contribution in [3.8, 4) is 0 Å². The molecule has 0 aliphatic heterocycles. The highest BCUT2D eigenvalue weighted by molar-refractivity contribution is 7.89. The third kappa shape index (κ3) is 4.14. The summed E-state index contributed by atoms with van der Waals surface area (Å²) in [6.07, 6.45) is 0. The molecule has 2 rings (SSSR count). The summed E-state index contributed by atoms with van der Waals surface area (Å²) in [7, 11) is -3.80. The summed E-state index contributed by atoms with van der Waals surface area (Å²) in [4.78, 5) is 10.2. The molecule has 0 radical (unpaired) electrons. The van der Waals surface area contributed by atoms with Crippen LogP contribution >= 0.6 is 0 Å². The molecule has 7 heteroatoms. The van der Waals surface area contributed by atoms with Crippen molar-refractivity contribution >= 4 is 15.7 Å². The summed E-state index contributed by atoms with van der Waals surface area (Å²) in [5.74, 6) is -0.00928. The Balaban J connectivity index is 2.19. The maximum atomic E-state index is 12.4. The maximum Gasteiger partial charge on any atom is 0.270 e. The molecule has 2 aromatic carbocycles. The van der Waals surface area contributed by atoms with Gasteiger partial charge in [0.05, 0.1) is 9.82 Å². The molecular formula is C16H18N2O4S. The zero-order chi connectivity index (χ0) is 17.0. The fourth-order valence-electron chi connectivity index (χ4n) is 2.20. The first-order chi connectivity index (χ1) is 10.8. The Morgan fingerprint density at radius 1 is 1.17 bits per heavy atom. The van der Waals surface area contributed by atoms with Gasteiger partial charge in [-0.3, -0.25) is 10.1 Å². The minimum absolute atomic E-state index is 0.00928. The third-order valence-electron chi connectivity index (χ3n) is 3.62. The Bertz CT molecular complexity index is 804. The van der Waals surface area contributed by atoms with Crippen LogP contribution in [0.15, 0.2) is 53.4 Å². The summed E-state index contributed by atoms with van der Waals surface area (Å²) in [6.45, 7) is 3.74. The number of sulfonamides is 1. The second kappa shape index (κ2) is 6.89. The standard InChI is InChI=1S/C16H18N2O4S/c1-12-8-9-15(18(19)20)10-16(12)23(21,22)17-11-13(2)14-6-4-3-5-7-14/h3-10,13,17H,11H2,1-2H3/t13-/m0/s1. The number of nitrogens with one attached hydrogen (secondary N) is 1. The van der Waals surface area contributed by atoms with E-state index in [4.69, 9.17) is 0 Å².